The quantitative estimate of drug-likeness (QED) is 0.624. The van der Waals surface area contributed by atoms with Crippen LogP contribution < -0.4 is 11.1 Å². The predicted octanol–water partition coefficient (Wildman–Crippen LogP) is 1.03. The summed E-state index contributed by atoms with van der Waals surface area (Å²) in [5.41, 5.74) is 5.10. The molecule has 0 aromatic rings. The summed E-state index contributed by atoms with van der Waals surface area (Å²) in [5.74, 6) is 0.244. The standard InChI is InChI=1S/C13H26N2O2/c1-4-13(5-2,9-16)8-15-11(17)12(3,14)10-6-7-10/h10,16H,4-9,14H2,1-3H3,(H,15,17). The third-order valence-corrected chi connectivity index (χ3v) is 4.37. The molecule has 1 amide bonds. The van der Waals surface area contributed by atoms with Gasteiger partial charge in [0.1, 0.15) is 0 Å². The first-order valence-corrected chi connectivity index (χ1v) is 6.60. The third-order valence-electron chi connectivity index (χ3n) is 4.37. The van der Waals surface area contributed by atoms with E-state index < -0.39 is 5.54 Å². The van der Waals surface area contributed by atoms with Crippen molar-refractivity contribution in [1.82, 2.24) is 5.32 Å². The molecular formula is C13H26N2O2. The summed E-state index contributed by atoms with van der Waals surface area (Å²) >= 11 is 0. The minimum Gasteiger partial charge on any atom is -0.396 e. The monoisotopic (exact) mass is 242 g/mol. The summed E-state index contributed by atoms with van der Waals surface area (Å²) in [5, 5.41) is 12.3. The summed E-state index contributed by atoms with van der Waals surface area (Å²) in [7, 11) is 0. The molecular weight excluding hydrogens is 216 g/mol. The van der Waals surface area contributed by atoms with E-state index in [1.165, 1.54) is 0 Å². The van der Waals surface area contributed by atoms with Gasteiger partial charge in [-0.05, 0) is 38.5 Å². The number of aliphatic hydroxyl groups is 1. The van der Waals surface area contributed by atoms with Crippen molar-refractivity contribution in [3.05, 3.63) is 0 Å². The van der Waals surface area contributed by atoms with E-state index in [4.69, 9.17) is 5.73 Å². The van der Waals surface area contributed by atoms with Gasteiger partial charge in [-0.1, -0.05) is 13.8 Å². The van der Waals surface area contributed by atoms with E-state index in [0.29, 0.717) is 12.5 Å². The molecule has 4 N–H and O–H groups in total. The van der Waals surface area contributed by atoms with Crippen LogP contribution in [0.2, 0.25) is 0 Å². The van der Waals surface area contributed by atoms with Crippen LogP contribution in [0.1, 0.15) is 46.5 Å². The van der Waals surface area contributed by atoms with Crippen LogP contribution in [0.25, 0.3) is 0 Å². The maximum Gasteiger partial charge on any atom is 0.240 e. The first kappa shape index (κ1) is 14.5. The Labute approximate surface area is 104 Å². The Morgan fingerprint density at radius 3 is 2.29 bits per heavy atom. The van der Waals surface area contributed by atoms with Crippen molar-refractivity contribution in [3.8, 4) is 0 Å². The van der Waals surface area contributed by atoms with Gasteiger partial charge in [-0.3, -0.25) is 4.79 Å². The van der Waals surface area contributed by atoms with E-state index in [1.807, 2.05) is 13.8 Å². The number of hydrogen-bond donors (Lipinski definition) is 3. The van der Waals surface area contributed by atoms with E-state index >= 15 is 0 Å². The van der Waals surface area contributed by atoms with Crippen molar-refractivity contribution in [2.24, 2.45) is 17.1 Å². The van der Waals surface area contributed by atoms with Crippen molar-refractivity contribution in [3.63, 3.8) is 0 Å². The van der Waals surface area contributed by atoms with E-state index in [-0.39, 0.29) is 17.9 Å². The Balaban J connectivity index is 2.51. The first-order chi connectivity index (χ1) is 7.91. The average Bonchev–Trinajstić information content (AvgIpc) is 3.15. The van der Waals surface area contributed by atoms with Crippen molar-refractivity contribution in [1.29, 1.82) is 0 Å². The van der Waals surface area contributed by atoms with Gasteiger partial charge in [0.25, 0.3) is 0 Å². The topological polar surface area (TPSA) is 75.3 Å². The molecule has 100 valence electrons. The molecule has 0 bridgehead atoms. The highest BCUT2D eigenvalue weighted by atomic mass is 16.3. The van der Waals surface area contributed by atoms with Gasteiger partial charge in [0.15, 0.2) is 0 Å². The van der Waals surface area contributed by atoms with Crippen LogP contribution in [-0.4, -0.2) is 29.7 Å². The second kappa shape index (κ2) is 5.36. The number of carbonyl (C=O) groups is 1. The molecule has 1 aliphatic rings. The molecule has 17 heavy (non-hydrogen) atoms. The van der Waals surface area contributed by atoms with Crippen molar-refractivity contribution in [2.75, 3.05) is 13.2 Å². The number of amides is 1. The largest absolute Gasteiger partial charge is 0.396 e. The summed E-state index contributed by atoms with van der Waals surface area (Å²) in [6.07, 6.45) is 3.80. The maximum absolute atomic E-state index is 12.0. The van der Waals surface area contributed by atoms with Gasteiger partial charge in [0, 0.05) is 12.0 Å². The summed E-state index contributed by atoms with van der Waals surface area (Å²) in [4.78, 5) is 12.0. The van der Waals surface area contributed by atoms with Crippen LogP contribution in [0, 0.1) is 11.3 Å². The normalized spacial score (nSPS) is 19.8. The van der Waals surface area contributed by atoms with Gasteiger partial charge in [0.2, 0.25) is 5.91 Å². The molecule has 0 radical (unpaired) electrons. The fraction of sp³-hybridized carbons (Fsp3) is 0.923. The molecule has 1 unspecified atom stereocenters. The van der Waals surface area contributed by atoms with Gasteiger partial charge in [-0.25, -0.2) is 0 Å². The molecule has 1 rings (SSSR count). The Bertz CT molecular complexity index is 260. The molecule has 1 atom stereocenters. The summed E-state index contributed by atoms with van der Waals surface area (Å²) < 4.78 is 0. The van der Waals surface area contributed by atoms with Crippen molar-refractivity contribution >= 4 is 5.91 Å². The Kier molecular flexibility index (Phi) is 4.55. The highest BCUT2D eigenvalue weighted by Crippen LogP contribution is 2.38. The smallest absolute Gasteiger partial charge is 0.240 e. The van der Waals surface area contributed by atoms with E-state index in [0.717, 1.165) is 25.7 Å². The lowest BCUT2D eigenvalue weighted by molar-refractivity contribution is -0.127. The lowest BCUT2D eigenvalue weighted by Gasteiger charge is -2.32. The zero-order valence-electron chi connectivity index (χ0n) is 11.3. The van der Waals surface area contributed by atoms with Crippen LogP contribution in [0.4, 0.5) is 0 Å². The average molecular weight is 242 g/mol. The molecule has 4 heteroatoms. The minimum absolute atomic E-state index is 0.0836. The fourth-order valence-corrected chi connectivity index (χ4v) is 2.11. The molecule has 0 aromatic carbocycles. The second-order valence-electron chi connectivity index (χ2n) is 5.60. The van der Waals surface area contributed by atoms with Gasteiger partial charge in [-0.2, -0.15) is 0 Å². The van der Waals surface area contributed by atoms with E-state index in [1.54, 1.807) is 6.92 Å². The lowest BCUT2D eigenvalue weighted by Crippen LogP contribution is -2.55. The van der Waals surface area contributed by atoms with Gasteiger partial charge in [0.05, 0.1) is 12.1 Å². The third kappa shape index (κ3) is 3.19. The fourth-order valence-electron chi connectivity index (χ4n) is 2.11. The van der Waals surface area contributed by atoms with Crippen molar-refractivity contribution in [2.45, 2.75) is 52.0 Å². The summed E-state index contributed by atoms with van der Waals surface area (Å²) in [6.45, 7) is 6.49. The van der Waals surface area contributed by atoms with Crippen LogP contribution >= 0.6 is 0 Å². The number of nitrogens with one attached hydrogen (secondary N) is 1. The predicted molar refractivity (Wildman–Crippen MR) is 68.4 cm³/mol. The molecule has 0 heterocycles. The Morgan fingerprint density at radius 2 is 1.94 bits per heavy atom. The number of hydrogen-bond acceptors (Lipinski definition) is 3. The van der Waals surface area contributed by atoms with Gasteiger partial charge < -0.3 is 16.2 Å². The number of nitrogens with two attached hydrogens (primary N) is 1. The van der Waals surface area contributed by atoms with Gasteiger partial charge in [-0.15, -0.1) is 0 Å². The molecule has 0 aromatic heterocycles. The number of aliphatic hydroxyl groups excluding tert-OH is 1. The molecule has 0 saturated heterocycles. The lowest BCUT2D eigenvalue weighted by atomic mass is 9.83. The highest BCUT2D eigenvalue weighted by Gasteiger charge is 2.44. The van der Waals surface area contributed by atoms with Gasteiger partial charge >= 0.3 is 0 Å². The molecule has 1 saturated carbocycles. The Morgan fingerprint density at radius 1 is 1.41 bits per heavy atom. The van der Waals surface area contributed by atoms with Crippen LogP contribution in [0.15, 0.2) is 0 Å². The van der Waals surface area contributed by atoms with Crippen LogP contribution in [0.3, 0.4) is 0 Å². The SMILES string of the molecule is CCC(CC)(CO)CNC(=O)C(C)(N)C1CC1. The zero-order chi connectivity index (χ0) is 13.1. The van der Waals surface area contributed by atoms with E-state index in [9.17, 15) is 9.90 Å². The number of rotatable bonds is 7. The molecule has 1 fully saturated rings. The first-order valence-electron chi connectivity index (χ1n) is 6.60. The summed E-state index contributed by atoms with van der Waals surface area (Å²) in [6, 6.07) is 0. The molecule has 4 nitrogen and oxygen atoms in total. The maximum atomic E-state index is 12.0. The molecule has 0 aliphatic heterocycles. The number of carbonyl (C=O) groups excluding carboxylic acids is 1. The zero-order valence-corrected chi connectivity index (χ0v) is 11.3. The van der Waals surface area contributed by atoms with Crippen LogP contribution in [0.5, 0.6) is 0 Å². The molecule has 1 aliphatic carbocycles. The minimum atomic E-state index is -0.747. The Hall–Kier alpha value is -0.610. The van der Waals surface area contributed by atoms with Crippen LogP contribution in [-0.2, 0) is 4.79 Å². The van der Waals surface area contributed by atoms with Crippen molar-refractivity contribution < 1.29 is 9.90 Å². The highest BCUT2D eigenvalue weighted by molar-refractivity contribution is 5.86. The molecule has 0 spiro atoms. The second-order valence-corrected chi connectivity index (χ2v) is 5.60. The van der Waals surface area contributed by atoms with E-state index in [2.05, 4.69) is 5.32 Å².